The number of benzene rings is 1. The van der Waals surface area contributed by atoms with Crippen molar-refractivity contribution in [3.05, 3.63) is 46.1 Å². The Hall–Kier alpha value is -2.05. The molecule has 2 amide bonds. The van der Waals surface area contributed by atoms with Gasteiger partial charge in [0.15, 0.2) is 0 Å². The number of hydrogen-bond donors (Lipinski definition) is 2. The highest BCUT2D eigenvalue weighted by atomic mass is 35.5. The number of allylic oxidation sites excluding steroid dienone is 1. The van der Waals surface area contributed by atoms with Crippen LogP contribution in [0.25, 0.3) is 0 Å². The lowest BCUT2D eigenvalue weighted by Gasteiger charge is -2.28. The van der Waals surface area contributed by atoms with Crippen molar-refractivity contribution in [2.24, 2.45) is 0 Å². The molecule has 1 atom stereocenters. The van der Waals surface area contributed by atoms with Gasteiger partial charge in [-0.1, -0.05) is 23.7 Å². The minimum atomic E-state index is -0.615. The first-order valence-electron chi connectivity index (χ1n) is 7.71. The molecule has 0 radical (unpaired) electrons. The number of hydrogen-bond acceptors (Lipinski definition) is 4. The highest BCUT2D eigenvalue weighted by Gasteiger charge is 2.32. The molecule has 0 bridgehead atoms. The second kappa shape index (κ2) is 8.17. The van der Waals surface area contributed by atoms with Gasteiger partial charge in [0.2, 0.25) is 0 Å². The fourth-order valence-corrected chi connectivity index (χ4v) is 2.60. The van der Waals surface area contributed by atoms with Crippen LogP contribution in [0.3, 0.4) is 0 Å². The molecule has 1 aromatic carbocycles. The van der Waals surface area contributed by atoms with Crippen molar-refractivity contribution in [3.63, 3.8) is 0 Å². The number of esters is 1. The smallest absolute Gasteiger partial charge is 0.338 e. The van der Waals surface area contributed by atoms with Gasteiger partial charge < -0.3 is 20.1 Å². The first kappa shape index (κ1) is 18.3. The standard InChI is InChI=1S/C17H21ClN2O4/c1-10(2)23-7-8-24-16(21)14-11(3)19-17(22)20-15(14)12-5-4-6-13(18)9-12/h4-6,9-10,15H,7-8H2,1-3H3,(H2,19,20,22)/t15-/m1/s1. The molecule has 1 aliphatic rings. The Kier molecular flexibility index (Phi) is 6.23. The molecule has 1 heterocycles. The number of rotatable bonds is 6. The summed E-state index contributed by atoms with van der Waals surface area (Å²) in [5, 5.41) is 5.85. The first-order valence-corrected chi connectivity index (χ1v) is 8.08. The molecule has 1 aliphatic heterocycles. The molecule has 0 saturated carbocycles. The molecule has 1 aromatic rings. The Balaban J connectivity index is 2.17. The van der Waals surface area contributed by atoms with E-state index in [0.717, 1.165) is 0 Å². The molecule has 0 unspecified atom stereocenters. The summed E-state index contributed by atoms with van der Waals surface area (Å²) in [6.45, 7) is 5.94. The Bertz CT molecular complexity index is 658. The molecule has 0 saturated heterocycles. The third kappa shape index (κ3) is 4.72. The van der Waals surface area contributed by atoms with Gasteiger partial charge in [-0.2, -0.15) is 0 Å². The normalized spacial score (nSPS) is 17.5. The summed E-state index contributed by atoms with van der Waals surface area (Å²) in [6, 6.07) is 6.00. The Morgan fingerprint density at radius 1 is 1.33 bits per heavy atom. The SMILES string of the molecule is CC1=C(C(=O)OCCOC(C)C)[C@@H](c2cccc(Cl)c2)NC(=O)N1. The molecule has 0 aromatic heterocycles. The van der Waals surface area contributed by atoms with Crippen LogP contribution in [0.1, 0.15) is 32.4 Å². The van der Waals surface area contributed by atoms with Crippen LogP contribution in [-0.4, -0.2) is 31.3 Å². The predicted molar refractivity (Wildman–Crippen MR) is 90.6 cm³/mol. The van der Waals surface area contributed by atoms with Crippen LogP contribution in [0, 0.1) is 0 Å². The molecular formula is C17H21ClN2O4. The number of ether oxygens (including phenoxy) is 2. The fourth-order valence-electron chi connectivity index (χ4n) is 2.40. The van der Waals surface area contributed by atoms with Gasteiger partial charge in [0, 0.05) is 10.7 Å². The fraction of sp³-hybridized carbons (Fsp3) is 0.412. The number of nitrogens with one attached hydrogen (secondary N) is 2. The summed E-state index contributed by atoms with van der Waals surface area (Å²) < 4.78 is 10.6. The monoisotopic (exact) mass is 352 g/mol. The molecule has 0 aliphatic carbocycles. The van der Waals surface area contributed by atoms with Crippen LogP contribution in [0.15, 0.2) is 35.5 Å². The van der Waals surface area contributed by atoms with Crippen molar-refractivity contribution in [2.75, 3.05) is 13.2 Å². The largest absolute Gasteiger partial charge is 0.460 e. The molecular weight excluding hydrogens is 332 g/mol. The first-order chi connectivity index (χ1) is 11.4. The maximum absolute atomic E-state index is 12.5. The second-order valence-corrected chi connectivity index (χ2v) is 6.12. The van der Waals surface area contributed by atoms with E-state index in [2.05, 4.69) is 10.6 Å². The van der Waals surface area contributed by atoms with Gasteiger partial charge in [0.25, 0.3) is 0 Å². The van der Waals surface area contributed by atoms with Gasteiger partial charge in [-0.15, -0.1) is 0 Å². The van der Waals surface area contributed by atoms with Gasteiger partial charge >= 0.3 is 12.0 Å². The molecule has 24 heavy (non-hydrogen) atoms. The van der Waals surface area contributed by atoms with E-state index < -0.39 is 12.0 Å². The zero-order chi connectivity index (χ0) is 17.7. The molecule has 7 heteroatoms. The molecule has 2 N–H and O–H groups in total. The minimum Gasteiger partial charge on any atom is -0.460 e. The van der Waals surface area contributed by atoms with Gasteiger partial charge in [0.1, 0.15) is 6.61 Å². The highest BCUT2D eigenvalue weighted by Crippen LogP contribution is 2.28. The number of amides is 2. The summed E-state index contributed by atoms with van der Waals surface area (Å²) in [5.74, 6) is -0.502. The lowest BCUT2D eigenvalue weighted by Crippen LogP contribution is -2.45. The van der Waals surface area contributed by atoms with E-state index in [-0.39, 0.29) is 18.7 Å². The van der Waals surface area contributed by atoms with E-state index >= 15 is 0 Å². The highest BCUT2D eigenvalue weighted by molar-refractivity contribution is 6.30. The maximum atomic E-state index is 12.5. The Labute approximate surface area is 146 Å². The summed E-state index contributed by atoms with van der Waals surface area (Å²) in [4.78, 5) is 24.3. The molecule has 0 fully saturated rings. The number of halogens is 1. The van der Waals surface area contributed by atoms with E-state index in [4.69, 9.17) is 21.1 Å². The van der Waals surface area contributed by atoms with Gasteiger partial charge in [-0.25, -0.2) is 9.59 Å². The molecule has 0 spiro atoms. The average Bonchev–Trinajstić information content (AvgIpc) is 2.50. The van der Waals surface area contributed by atoms with Crippen molar-refractivity contribution >= 4 is 23.6 Å². The zero-order valence-corrected chi connectivity index (χ0v) is 14.6. The topological polar surface area (TPSA) is 76.7 Å². The van der Waals surface area contributed by atoms with Gasteiger partial charge in [0.05, 0.1) is 24.3 Å². The van der Waals surface area contributed by atoms with E-state index in [1.165, 1.54) is 0 Å². The van der Waals surface area contributed by atoms with Crippen molar-refractivity contribution in [1.29, 1.82) is 0 Å². The quantitative estimate of drug-likeness (QED) is 0.609. The van der Waals surface area contributed by atoms with Crippen LogP contribution in [-0.2, 0) is 14.3 Å². The average molecular weight is 353 g/mol. The van der Waals surface area contributed by atoms with E-state index in [0.29, 0.717) is 28.5 Å². The molecule has 6 nitrogen and oxygen atoms in total. The molecule has 2 rings (SSSR count). The van der Waals surface area contributed by atoms with Crippen molar-refractivity contribution < 1.29 is 19.1 Å². The van der Waals surface area contributed by atoms with Crippen LogP contribution in [0.5, 0.6) is 0 Å². The van der Waals surface area contributed by atoms with Crippen molar-refractivity contribution in [2.45, 2.75) is 32.9 Å². The van der Waals surface area contributed by atoms with Gasteiger partial charge in [-0.3, -0.25) is 0 Å². The lowest BCUT2D eigenvalue weighted by molar-refractivity contribution is -0.141. The number of carbonyl (C=O) groups excluding carboxylic acids is 2. The maximum Gasteiger partial charge on any atom is 0.338 e. The summed E-state index contributed by atoms with van der Waals surface area (Å²) in [5.41, 5.74) is 1.52. The van der Waals surface area contributed by atoms with Crippen molar-refractivity contribution in [3.8, 4) is 0 Å². The third-order valence-corrected chi connectivity index (χ3v) is 3.67. The van der Waals surface area contributed by atoms with Crippen LogP contribution < -0.4 is 10.6 Å². The number of urea groups is 1. The predicted octanol–water partition coefficient (Wildman–Crippen LogP) is 2.94. The van der Waals surface area contributed by atoms with E-state index in [1.807, 2.05) is 13.8 Å². The van der Waals surface area contributed by atoms with Gasteiger partial charge in [-0.05, 0) is 38.5 Å². The lowest BCUT2D eigenvalue weighted by atomic mass is 9.96. The van der Waals surface area contributed by atoms with Crippen molar-refractivity contribution in [1.82, 2.24) is 10.6 Å². The van der Waals surface area contributed by atoms with E-state index in [1.54, 1.807) is 31.2 Å². The third-order valence-electron chi connectivity index (χ3n) is 3.44. The summed E-state index contributed by atoms with van der Waals surface area (Å²) >= 11 is 6.02. The van der Waals surface area contributed by atoms with Crippen LogP contribution in [0.2, 0.25) is 5.02 Å². The van der Waals surface area contributed by atoms with Crippen LogP contribution in [0.4, 0.5) is 4.79 Å². The second-order valence-electron chi connectivity index (χ2n) is 5.68. The van der Waals surface area contributed by atoms with Crippen LogP contribution >= 0.6 is 11.6 Å². The zero-order valence-electron chi connectivity index (χ0n) is 13.9. The minimum absolute atomic E-state index is 0.0690. The molecule has 130 valence electrons. The Morgan fingerprint density at radius 3 is 2.75 bits per heavy atom. The Morgan fingerprint density at radius 2 is 2.08 bits per heavy atom. The van der Waals surface area contributed by atoms with E-state index in [9.17, 15) is 9.59 Å². The number of carbonyl (C=O) groups is 2. The summed E-state index contributed by atoms with van der Waals surface area (Å²) in [7, 11) is 0. The summed E-state index contributed by atoms with van der Waals surface area (Å²) in [6.07, 6.45) is 0.0690.